The molecular weight excluding hydrogens is 150 g/mol. The lowest BCUT2D eigenvalue weighted by Crippen LogP contribution is -2.32. The maximum absolute atomic E-state index is 6.45. The van der Waals surface area contributed by atoms with Gasteiger partial charge in [-0.2, -0.15) is 0 Å². The molecule has 0 aromatic carbocycles. The Bertz CT molecular complexity index is 121. The van der Waals surface area contributed by atoms with E-state index in [2.05, 4.69) is 4.99 Å². The summed E-state index contributed by atoms with van der Waals surface area (Å²) in [5, 5.41) is 6.45. The van der Waals surface area contributed by atoms with Gasteiger partial charge in [-0.25, -0.2) is 10.4 Å². The molecule has 0 aliphatic carbocycles. The molecule has 0 radical (unpaired) electrons. The van der Waals surface area contributed by atoms with E-state index in [1.54, 1.807) is 0 Å². The second kappa shape index (κ2) is 5.42. The highest BCUT2D eigenvalue weighted by atomic mass is 35.5. The van der Waals surface area contributed by atoms with E-state index in [0.29, 0.717) is 6.54 Å². The van der Waals surface area contributed by atoms with Gasteiger partial charge >= 0.3 is 0 Å². The molecule has 0 bridgehead atoms. The molecule has 0 fully saturated rings. The molecule has 0 saturated heterocycles. The first-order chi connectivity index (χ1) is 4.06. The lowest BCUT2D eigenvalue weighted by molar-refractivity contribution is 0.485. The maximum Gasteiger partial charge on any atom is 0.0861 e. The van der Waals surface area contributed by atoms with Crippen LogP contribution < -0.4 is 5.73 Å². The van der Waals surface area contributed by atoms with Crippen molar-refractivity contribution in [2.24, 2.45) is 10.7 Å². The molecule has 0 rings (SSSR count). The first-order valence-corrected chi connectivity index (χ1v) is 2.93. The van der Waals surface area contributed by atoms with E-state index in [1.807, 2.05) is 19.9 Å². The van der Waals surface area contributed by atoms with Gasteiger partial charge in [0.2, 0.25) is 0 Å². The van der Waals surface area contributed by atoms with Crippen LogP contribution in [0, 0.1) is 5.41 Å². The van der Waals surface area contributed by atoms with Crippen molar-refractivity contribution in [1.29, 1.82) is 5.41 Å². The fourth-order valence-corrected chi connectivity index (χ4v) is 0.400. The van der Waals surface area contributed by atoms with Crippen LogP contribution in [-0.4, -0.2) is 18.1 Å². The van der Waals surface area contributed by atoms with Crippen LogP contribution in [-0.2, 0) is 0 Å². The molecule has 0 aromatic rings. The minimum absolute atomic E-state index is 0. The van der Waals surface area contributed by atoms with Gasteiger partial charge in [0.05, 0.1) is 12.6 Å². The Morgan fingerprint density at radius 1 is 1.60 bits per heavy atom. The Labute approximate surface area is 67.6 Å². The quantitative estimate of drug-likeness (QED) is 0.606. The van der Waals surface area contributed by atoms with Gasteiger partial charge in [-0.3, -0.25) is 0 Å². The number of hydrogen-bond donors (Lipinski definition) is 2. The van der Waals surface area contributed by atoms with Crippen molar-refractivity contribution < 1.29 is 0 Å². The highest BCUT2D eigenvalue weighted by Crippen LogP contribution is 2.01. The minimum atomic E-state index is -0.166. The van der Waals surface area contributed by atoms with Crippen molar-refractivity contribution >= 4 is 18.4 Å². The lowest BCUT2D eigenvalue weighted by Gasteiger charge is -2.15. The van der Waals surface area contributed by atoms with E-state index in [1.165, 1.54) is 0 Å². The van der Waals surface area contributed by atoms with Gasteiger partial charge in [0.1, 0.15) is 0 Å². The fourth-order valence-electron chi connectivity index (χ4n) is 0.400. The molecule has 3 nitrogen and oxygen atoms in total. The summed E-state index contributed by atoms with van der Waals surface area (Å²) in [4.78, 5) is 3.59. The molecule has 0 amide bonds. The molecule has 0 atom stereocenters. The summed E-state index contributed by atoms with van der Waals surface area (Å²) in [5.74, 6) is 0. The van der Waals surface area contributed by atoms with Crippen molar-refractivity contribution in [3.8, 4) is 0 Å². The fraction of sp³-hybridized carbons (Fsp3) is 0.833. The van der Waals surface area contributed by atoms with Crippen molar-refractivity contribution in [3.05, 3.63) is 0 Å². The van der Waals surface area contributed by atoms with Crippen LogP contribution in [0.4, 0.5) is 0 Å². The molecule has 0 spiro atoms. The van der Waals surface area contributed by atoms with Crippen molar-refractivity contribution in [2.75, 3.05) is 6.54 Å². The van der Waals surface area contributed by atoms with E-state index in [-0.39, 0.29) is 17.9 Å². The van der Waals surface area contributed by atoms with Gasteiger partial charge in [0, 0.05) is 5.54 Å². The second-order valence-corrected chi connectivity index (χ2v) is 2.73. The third-order valence-corrected chi connectivity index (χ3v) is 0.947. The Hall–Kier alpha value is -0.370. The molecule has 3 N–H and O–H groups in total. The van der Waals surface area contributed by atoms with E-state index < -0.39 is 0 Å². The Morgan fingerprint density at radius 3 is 2.40 bits per heavy atom. The summed E-state index contributed by atoms with van der Waals surface area (Å²) in [6, 6.07) is 1.96. The number of nitrogens with two attached hydrogens (primary N) is 1. The number of halogens is 1. The Morgan fingerprint density at radius 2 is 2.10 bits per heavy atom. The number of nitrogens with zero attached hydrogens (tertiary/aromatic N) is 1. The van der Waals surface area contributed by atoms with Gasteiger partial charge in [-0.05, 0) is 20.3 Å². The molecule has 4 heteroatoms. The van der Waals surface area contributed by atoms with Gasteiger partial charge in [0.25, 0.3) is 0 Å². The van der Waals surface area contributed by atoms with Crippen LogP contribution in [0.2, 0.25) is 0 Å². The molecule has 0 heterocycles. The lowest BCUT2D eigenvalue weighted by atomic mass is 10.0. The minimum Gasteiger partial charge on any atom is -0.325 e. The molecule has 0 aliphatic heterocycles. The third kappa shape index (κ3) is 10.6. The smallest absolute Gasteiger partial charge is 0.0861 e. The van der Waals surface area contributed by atoms with Gasteiger partial charge in [-0.15, -0.1) is 12.4 Å². The standard InChI is InChI=1S/C6H13N3.ClH/c1-6(2,8)3-4-9-5-7;/h7H,3-4,8H2,1-2H3;1H. The predicted molar refractivity (Wildman–Crippen MR) is 45.2 cm³/mol. The molecule has 0 aliphatic rings. The molecule has 0 saturated carbocycles. The molecule has 60 valence electrons. The summed E-state index contributed by atoms with van der Waals surface area (Å²) in [5.41, 5.74) is 5.46. The van der Waals surface area contributed by atoms with E-state index in [4.69, 9.17) is 11.1 Å². The molecule has 0 aromatic heterocycles. The van der Waals surface area contributed by atoms with Crippen LogP contribution in [0.5, 0.6) is 0 Å². The Balaban J connectivity index is 0. The average molecular weight is 164 g/mol. The zero-order valence-corrected chi connectivity index (χ0v) is 7.16. The summed E-state index contributed by atoms with van der Waals surface area (Å²) >= 11 is 0. The Kier molecular flexibility index (Phi) is 6.67. The van der Waals surface area contributed by atoms with Crippen LogP contribution in [0.1, 0.15) is 20.3 Å². The monoisotopic (exact) mass is 163 g/mol. The normalized spacial score (nSPS) is 9.50. The first kappa shape index (κ1) is 12.3. The molecule has 10 heavy (non-hydrogen) atoms. The number of aliphatic imine (C=N–C) groups is 1. The highest BCUT2D eigenvalue weighted by Gasteiger charge is 2.07. The zero-order valence-electron chi connectivity index (χ0n) is 6.35. The highest BCUT2D eigenvalue weighted by molar-refractivity contribution is 5.85. The predicted octanol–water partition coefficient (Wildman–Crippen LogP) is 1.29. The van der Waals surface area contributed by atoms with Gasteiger partial charge < -0.3 is 5.73 Å². The number of rotatable bonds is 3. The van der Waals surface area contributed by atoms with Crippen molar-refractivity contribution in [1.82, 2.24) is 0 Å². The molecular formula is C6H14ClN3. The van der Waals surface area contributed by atoms with E-state index in [9.17, 15) is 0 Å². The maximum atomic E-state index is 6.45. The van der Waals surface area contributed by atoms with Gasteiger partial charge in [-0.1, -0.05) is 0 Å². The molecule has 0 unspecified atom stereocenters. The summed E-state index contributed by atoms with van der Waals surface area (Å²) < 4.78 is 0. The van der Waals surface area contributed by atoms with Crippen LogP contribution in [0.25, 0.3) is 0 Å². The summed E-state index contributed by atoms with van der Waals surface area (Å²) in [6.07, 6.45) is 0.804. The largest absolute Gasteiger partial charge is 0.325 e. The van der Waals surface area contributed by atoms with Crippen molar-refractivity contribution in [3.63, 3.8) is 0 Å². The topological polar surface area (TPSA) is 62.2 Å². The summed E-state index contributed by atoms with van der Waals surface area (Å²) in [6.45, 7) is 4.48. The SMILES string of the molecule is CC(C)(N)CCN=C=N.Cl. The number of hydrogen-bond acceptors (Lipinski definition) is 3. The van der Waals surface area contributed by atoms with E-state index >= 15 is 0 Å². The number of nitrogens with one attached hydrogen (secondary N) is 1. The van der Waals surface area contributed by atoms with Crippen molar-refractivity contribution in [2.45, 2.75) is 25.8 Å². The van der Waals surface area contributed by atoms with E-state index in [0.717, 1.165) is 6.42 Å². The van der Waals surface area contributed by atoms with Crippen LogP contribution >= 0.6 is 12.4 Å². The second-order valence-electron chi connectivity index (χ2n) is 2.73. The first-order valence-electron chi connectivity index (χ1n) is 2.93. The zero-order chi connectivity index (χ0) is 7.33. The van der Waals surface area contributed by atoms with Crippen LogP contribution in [0.15, 0.2) is 4.99 Å². The average Bonchev–Trinajstić information content (AvgIpc) is 1.63. The third-order valence-electron chi connectivity index (χ3n) is 0.947. The summed E-state index contributed by atoms with van der Waals surface area (Å²) in [7, 11) is 0. The van der Waals surface area contributed by atoms with Gasteiger partial charge in [0.15, 0.2) is 0 Å². The van der Waals surface area contributed by atoms with Crippen LogP contribution in [0.3, 0.4) is 0 Å².